The summed E-state index contributed by atoms with van der Waals surface area (Å²) in [6, 6.07) is 26.2. The lowest BCUT2D eigenvalue weighted by atomic mass is 9.67. The Morgan fingerprint density at radius 2 is 1.67 bits per heavy atom. The number of amides is 2. The zero-order valence-electron chi connectivity index (χ0n) is 27.9. The second-order valence-electron chi connectivity index (χ2n) is 14.2. The van der Waals surface area contributed by atoms with Crippen LogP contribution < -0.4 is 0 Å². The summed E-state index contributed by atoms with van der Waals surface area (Å²) in [4.78, 5) is 32.4. The van der Waals surface area contributed by atoms with Crippen molar-refractivity contribution in [3.63, 3.8) is 0 Å². The van der Waals surface area contributed by atoms with Crippen molar-refractivity contribution in [2.45, 2.75) is 64.6 Å². The molecule has 6 nitrogen and oxygen atoms in total. The Morgan fingerprint density at radius 1 is 0.958 bits per heavy atom. The number of ether oxygens (including phenoxy) is 1. The Morgan fingerprint density at radius 3 is 2.38 bits per heavy atom. The Bertz CT molecular complexity index is 1710. The third-order valence-electron chi connectivity index (χ3n) is 11.0. The third kappa shape index (κ3) is 6.57. The number of rotatable bonds is 9. The minimum Gasteiger partial charge on any atom is -0.507 e. The Labute approximate surface area is 292 Å². The highest BCUT2D eigenvalue weighted by Gasteiger charge is 2.58. The zero-order valence-corrected chi connectivity index (χ0v) is 29.4. The van der Waals surface area contributed by atoms with Crippen LogP contribution in [0.2, 0.25) is 0 Å². The van der Waals surface area contributed by atoms with E-state index in [1.54, 1.807) is 11.0 Å². The maximum atomic E-state index is 14.2. The smallest absolute Gasteiger partial charge is 0.234 e. The summed E-state index contributed by atoms with van der Waals surface area (Å²) < 4.78 is 7.48. The second kappa shape index (κ2) is 14.1. The van der Waals surface area contributed by atoms with Crippen molar-refractivity contribution in [2.75, 3.05) is 19.7 Å². The van der Waals surface area contributed by atoms with Gasteiger partial charge in [-0.2, -0.15) is 0 Å². The number of aromatic hydroxyl groups is 1. The largest absolute Gasteiger partial charge is 0.507 e. The minimum atomic E-state index is -0.329. The van der Waals surface area contributed by atoms with Crippen molar-refractivity contribution in [2.24, 2.45) is 23.7 Å². The molecular formula is C41H45BrN2O4. The van der Waals surface area contributed by atoms with E-state index in [9.17, 15) is 14.7 Å². The number of hydrogen-bond donors (Lipinski definition) is 1. The van der Waals surface area contributed by atoms with Gasteiger partial charge >= 0.3 is 0 Å². The van der Waals surface area contributed by atoms with Crippen LogP contribution in [0.4, 0.5) is 0 Å². The lowest BCUT2D eigenvalue weighted by molar-refractivity contribution is -0.144. The molecule has 3 aromatic rings. The SMILES string of the molecule is CC(C)C1=C2[C@@H](CC/C(=C/c3cc(Br)ccc3O)c3ccccc3)OC[C@@H]2[C@@H]2C(=O)N(C3CCN(Cc4ccccc4)CC3)C(=O)[C@@H]2C1. The van der Waals surface area contributed by atoms with Gasteiger partial charge in [0.05, 0.1) is 24.5 Å². The molecule has 3 fully saturated rings. The number of phenolic OH excluding ortho intramolecular Hbond substituents is 1. The molecule has 3 aliphatic heterocycles. The second-order valence-corrected chi connectivity index (χ2v) is 15.1. The van der Waals surface area contributed by atoms with Crippen molar-refractivity contribution in [3.8, 4) is 5.75 Å². The lowest BCUT2D eigenvalue weighted by Crippen LogP contribution is -2.47. The summed E-state index contributed by atoms with van der Waals surface area (Å²) in [6.07, 6.45) is 5.78. The monoisotopic (exact) mass is 708 g/mol. The maximum Gasteiger partial charge on any atom is 0.234 e. The molecule has 1 aliphatic carbocycles. The Hall–Kier alpha value is -3.52. The van der Waals surface area contributed by atoms with Crippen molar-refractivity contribution in [1.82, 2.24) is 9.80 Å². The van der Waals surface area contributed by atoms with E-state index < -0.39 is 0 Å². The molecule has 48 heavy (non-hydrogen) atoms. The average molecular weight is 710 g/mol. The number of imide groups is 1. The van der Waals surface area contributed by atoms with Gasteiger partial charge in [0, 0.05) is 41.6 Å². The zero-order chi connectivity index (χ0) is 33.4. The number of carbonyl (C=O) groups excluding carboxylic acids is 2. The van der Waals surface area contributed by atoms with Crippen LogP contribution in [0.15, 0.2) is 94.5 Å². The molecule has 3 heterocycles. The summed E-state index contributed by atoms with van der Waals surface area (Å²) in [5.41, 5.74) is 6.85. The minimum absolute atomic E-state index is 0.0241. The van der Waals surface area contributed by atoms with Crippen LogP contribution in [0.1, 0.15) is 62.6 Å². The number of benzene rings is 3. The Kier molecular flexibility index (Phi) is 9.72. The number of likely N-dealkylation sites (tertiary alicyclic amines) is 2. The standard InChI is InChI=1S/C41H45BrN2O4/c1-26(2)33-23-34-39(41(47)44(40(34)46)32-17-19-43(20-18-32)24-27-9-5-3-6-10-27)35-25-48-37(38(33)35)16-13-29(28-11-7-4-8-12-28)21-30-22-31(42)14-15-36(30)45/h3-12,14-15,21-22,26,32,34-35,37,39,45H,13,16-20,23-25H2,1-2H3/b29-21-/t34-,35+,37-,39-/m1/s1. The molecule has 3 saturated heterocycles. The van der Waals surface area contributed by atoms with Crippen molar-refractivity contribution in [3.05, 3.63) is 111 Å². The highest BCUT2D eigenvalue weighted by atomic mass is 79.9. The molecule has 0 unspecified atom stereocenters. The molecule has 1 N–H and O–H groups in total. The summed E-state index contributed by atoms with van der Waals surface area (Å²) in [5, 5.41) is 10.6. The molecule has 7 rings (SSSR count). The van der Waals surface area contributed by atoms with E-state index in [0.29, 0.717) is 13.0 Å². The molecular weight excluding hydrogens is 664 g/mol. The summed E-state index contributed by atoms with van der Waals surface area (Å²) in [7, 11) is 0. The fraction of sp³-hybridized carbons (Fsp3) is 0.415. The average Bonchev–Trinajstić information content (AvgIpc) is 3.63. The van der Waals surface area contributed by atoms with E-state index in [2.05, 4.69) is 77.2 Å². The van der Waals surface area contributed by atoms with Gasteiger partial charge in [-0.05, 0) is 84.6 Å². The number of carbonyl (C=O) groups is 2. The normalized spacial score (nSPS) is 25.2. The molecule has 2 amide bonds. The highest BCUT2D eigenvalue weighted by Crippen LogP contribution is 2.52. The van der Waals surface area contributed by atoms with Gasteiger partial charge in [-0.3, -0.25) is 19.4 Å². The van der Waals surface area contributed by atoms with E-state index >= 15 is 0 Å². The van der Waals surface area contributed by atoms with Crippen LogP contribution in [0.25, 0.3) is 11.6 Å². The first kappa shape index (κ1) is 33.0. The molecule has 0 bridgehead atoms. The van der Waals surface area contributed by atoms with Gasteiger partial charge in [-0.25, -0.2) is 0 Å². The molecule has 0 radical (unpaired) electrons. The highest BCUT2D eigenvalue weighted by molar-refractivity contribution is 9.10. The summed E-state index contributed by atoms with van der Waals surface area (Å²) >= 11 is 3.55. The van der Waals surface area contributed by atoms with Crippen LogP contribution in [-0.2, 0) is 20.9 Å². The van der Waals surface area contributed by atoms with Crippen molar-refractivity contribution in [1.29, 1.82) is 0 Å². The molecule has 0 aromatic heterocycles. The van der Waals surface area contributed by atoms with Gasteiger partial charge in [0.1, 0.15) is 5.75 Å². The number of fused-ring (bicyclic) bond motifs is 3. The van der Waals surface area contributed by atoms with Crippen LogP contribution in [-0.4, -0.2) is 58.6 Å². The van der Waals surface area contributed by atoms with Crippen LogP contribution >= 0.6 is 15.9 Å². The predicted molar refractivity (Wildman–Crippen MR) is 193 cm³/mol. The molecule has 0 spiro atoms. The van der Waals surface area contributed by atoms with Gasteiger partial charge in [-0.1, -0.05) is 96.0 Å². The van der Waals surface area contributed by atoms with Crippen LogP contribution in [0, 0.1) is 23.7 Å². The Balaban J connectivity index is 1.09. The van der Waals surface area contributed by atoms with Crippen LogP contribution in [0.5, 0.6) is 5.75 Å². The van der Waals surface area contributed by atoms with E-state index in [4.69, 9.17) is 4.74 Å². The number of piperidine rings is 1. The van der Waals surface area contributed by atoms with Gasteiger partial charge in [0.2, 0.25) is 11.8 Å². The predicted octanol–water partition coefficient (Wildman–Crippen LogP) is 8.11. The van der Waals surface area contributed by atoms with Gasteiger partial charge in [0.15, 0.2) is 0 Å². The topological polar surface area (TPSA) is 70.1 Å². The molecule has 250 valence electrons. The fourth-order valence-corrected chi connectivity index (χ4v) is 8.97. The van der Waals surface area contributed by atoms with E-state index in [1.807, 2.05) is 36.4 Å². The summed E-state index contributed by atoms with van der Waals surface area (Å²) in [6.45, 7) is 7.57. The first-order valence-corrected chi connectivity index (χ1v) is 18.3. The molecule has 0 saturated carbocycles. The van der Waals surface area contributed by atoms with Gasteiger partial charge in [0.25, 0.3) is 0 Å². The van der Waals surface area contributed by atoms with E-state index in [1.165, 1.54) is 16.7 Å². The summed E-state index contributed by atoms with van der Waals surface area (Å²) in [5.74, 6) is -0.0931. The molecule has 3 aromatic carbocycles. The first-order valence-electron chi connectivity index (χ1n) is 17.5. The van der Waals surface area contributed by atoms with Gasteiger partial charge < -0.3 is 9.84 Å². The maximum absolute atomic E-state index is 14.2. The lowest BCUT2D eigenvalue weighted by Gasteiger charge is -2.36. The van der Waals surface area contributed by atoms with Crippen molar-refractivity contribution >= 4 is 39.4 Å². The van der Waals surface area contributed by atoms with Crippen molar-refractivity contribution < 1.29 is 19.4 Å². The number of halogens is 1. The number of phenols is 1. The van der Waals surface area contributed by atoms with E-state index in [-0.39, 0.29) is 53.4 Å². The molecule has 4 atom stereocenters. The molecule has 7 heteroatoms. The number of nitrogens with zero attached hydrogens (tertiary/aromatic N) is 2. The number of allylic oxidation sites excluding steroid dienone is 2. The number of hydrogen-bond acceptors (Lipinski definition) is 5. The molecule has 4 aliphatic rings. The van der Waals surface area contributed by atoms with Gasteiger partial charge in [-0.15, -0.1) is 0 Å². The third-order valence-corrected chi connectivity index (χ3v) is 11.5. The quantitative estimate of drug-likeness (QED) is 0.138. The van der Waals surface area contributed by atoms with Crippen LogP contribution in [0.3, 0.4) is 0 Å². The first-order chi connectivity index (χ1) is 23.3. The van der Waals surface area contributed by atoms with E-state index in [0.717, 1.165) is 66.5 Å². The fourth-order valence-electron chi connectivity index (χ4n) is 8.59.